The Hall–Kier alpha value is -2.21. The normalized spacial score (nSPS) is 27.6. The molecule has 29 heavy (non-hydrogen) atoms. The van der Waals surface area contributed by atoms with Crippen LogP contribution in [0.5, 0.6) is 11.5 Å². The van der Waals surface area contributed by atoms with Gasteiger partial charge in [-0.25, -0.2) is 0 Å². The number of carbonyl (C=O) groups is 1. The Kier molecular flexibility index (Phi) is 8.38. The summed E-state index contributed by atoms with van der Waals surface area (Å²) in [4.78, 5) is 12.0. The Morgan fingerprint density at radius 2 is 1.86 bits per heavy atom. The van der Waals surface area contributed by atoms with Gasteiger partial charge in [0.05, 0.1) is 19.6 Å². The second kappa shape index (κ2) is 10.5. The van der Waals surface area contributed by atoms with Gasteiger partial charge in [0.15, 0.2) is 17.8 Å². The lowest BCUT2D eigenvalue weighted by molar-refractivity contribution is -0.299. The summed E-state index contributed by atoms with van der Waals surface area (Å²) in [7, 11) is 0. The molecule has 0 spiro atoms. The summed E-state index contributed by atoms with van der Waals surface area (Å²) in [6, 6.07) is 3.89. The van der Waals surface area contributed by atoms with E-state index in [1.54, 1.807) is 6.92 Å². The van der Waals surface area contributed by atoms with E-state index in [1.165, 1.54) is 24.3 Å². The maximum Gasteiger partial charge on any atom is 0.310 e. The molecule has 0 radical (unpaired) electrons. The van der Waals surface area contributed by atoms with Crippen LogP contribution >= 0.6 is 0 Å². The molecule has 1 aliphatic rings. The van der Waals surface area contributed by atoms with Crippen LogP contribution in [-0.4, -0.2) is 87.1 Å². The first-order valence-electron chi connectivity index (χ1n) is 8.97. The summed E-state index contributed by atoms with van der Waals surface area (Å²) in [5, 5.41) is 57.7. The maximum absolute atomic E-state index is 12.0. The molecule has 5 atom stereocenters. The van der Waals surface area contributed by atoms with Crippen LogP contribution in [0, 0.1) is 0 Å². The topological polar surface area (TPSA) is 166 Å². The van der Waals surface area contributed by atoms with Crippen molar-refractivity contribution in [2.24, 2.45) is 0 Å². The zero-order valence-electron chi connectivity index (χ0n) is 15.8. The molecule has 162 valence electrons. The molecule has 10 heteroatoms. The number of aromatic hydroxyl groups is 2. The molecule has 0 aromatic heterocycles. The van der Waals surface area contributed by atoms with Gasteiger partial charge in [-0.05, 0) is 30.2 Å². The van der Waals surface area contributed by atoms with Gasteiger partial charge in [-0.1, -0.05) is 12.1 Å². The van der Waals surface area contributed by atoms with E-state index in [1.807, 2.05) is 0 Å². The number of benzene rings is 1. The van der Waals surface area contributed by atoms with Crippen molar-refractivity contribution >= 4 is 5.97 Å². The summed E-state index contributed by atoms with van der Waals surface area (Å²) in [6.07, 6.45) is -5.71. The van der Waals surface area contributed by atoms with Gasteiger partial charge in [-0.3, -0.25) is 4.79 Å². The summed E-state index contributed by atoms with van der Waals surface area (Å²) < 4.78 is 15.9. The highest BCUT2D eigenvalue weighted by Crippen LogP contribution is 2.26. The van der Waals surface area contributed by atoms with Crippen molar-refractivity contribution in [1.82, 2.24) is 0 Å². The van der Waals surface area contributed by atoms with E-state index in [9.17, 15) is 30.3 Å². The minimum Gasteiger partial charge on any atom is -0.504 e. The van der Waals surface area contributed by atoms with E-state index >= 15 is 0 Å². The van der Waals surface area contributed by atoms with Crippen LogP contribution in [0.25, 0.3) is 0 Å². The molecule has 2 rings (SSSR count). The lowest BCUT2D eigenvalue weighted by atomic mass is 9.99. The number of phenolic OH excluding ortho intramolecular Hbond substituents is 2. The van der Waals surface area contributed by atoms with Gasteiger partial charge in [0.2, 0.25) is 0 Å². The van der Waals surface area contributed by atoms with Crippen LogP contribution in [0.15, 0.2) is 29.8 Å². The smallest absolute Gasteiger partial charge is 0.310 e. The molecule has 0 saturated carbocycles. The van der Waals surface area contributed by atoms with Crippen molar-refractivity contribution in [3.63, 3.8) is 0 Å². The van der Waals surface area contributed by atoms with Crippen LogP contribution in [0.4, 0.5) is 0 Å². The fourth-order valence-corrected chi connectivity index (χ4v) is 2.69. The van der Waals surface area contributed by atoms with E-state index in [0.717, 1.165) is 0 Å². The molecule has 1 aromatic carbocycles. The number of hydrogen-bond acceptors (Lipinski definition) is 10. The number of carbonyl (C=O) groups excluding carboxylic acids is 1. The Bertz CT molecular complexity index is 719. The third-order valence-electron chi connectivity index (χ3n) is 4.38. The minimum atomic E-state index is -1.58. The molecule has 1 saturated heterocycles. The average molecular weight is 414 g/mol. The number of ether oxygens (including phenoxy) is 3. The summed E-state index contributed by atoms with van der Waals surface area (Å²) in [6.45, 7) is 1.13. The number of aliphatic hydroxyl groups excluding tert-OH is 4. The van der Waals surface area contributed by atoms with Crippen LogP contribution < -0.4 is 0 Å². The predicted octanol–water partition coefficient (Wildman–Crippen LogP) is -1.05. The molecule has 1 aromatic rings. The first kappa shape index (κ1) is 23.1. The standard InChI is InChI=1S/C19H26O10/c1-10(4-5-20)8-28-19-18(26)17(25)16(24)14(29-19)9-27-15(23)7-11-2-3-12(21)13(22)6-11/h2-4,6,14,16-22,24-26H,5,7-9H2,1H3. The number of hydrogen-bond donors (Lipinski definition) is 6. The minimum absolute atomic E-state index is 0.0158. The molecule has 1 aliphatic heterocycles. The highest BCUT2D eigenvalue weighted by Gasteiger charge is 2.44. The number of rotatable bonds is 8. The van der Waals surface area contributed by atoms with Crippen molar-refractivity contribution in [3.05, 3.63) is 35.4 Å². The zero-order valence-corrected chi connectivity index (χ0v) is 15.8. The second-order valence-electron chi connectivity index (χ2n) is 6.74. The lowest BCUT2D eigenvalue weighted by Crippen LogP contribution is -2.59. The molecule has 1 heterocycles. The summed E-state index contributed by atoms with van der Waals surface area (Å²) in [5.74, 6) is -1.38. The van der Waals surface area contributed by atoms with Gasteiger partial charge in [-0.15, -0.1) is 0 Å². The van der Waals surface area contributed by atoms with Crippen LogP contribution in [-0.2, 0) is 25.4 Å². The van der Waals surface area contributed by atoms with Gasteiger partial charge in [0, 0.05) is 0 Å². The third kappa shape index (κ3) is 6.39. The zero-order chi connectivity index (χ0) is 21.6. The average Bonchev–Trinajstić information content (AvgIpc) is 2.68. The maximum atomic E-state index is 12.0. The number of phenols is 2. The fourth-order valence-electron chi connectivity index (χ4n) is 2.69. The largest absolute Gasteiger partial charge is 0.504 e. The summed E-state index contributed by atoms with van der Waals surface area (Å²) in [5.41, 5.74) is 1.07. The molecule has 0 amide bonds. The van der Waals surface area contributed by atoms with Crippen molar-refractivity contribution in [1.29, 1.82) is 0 Å². The van der Waals surface area contributed by atoms with E-state index in [-0.39, 0.29) is 31.1 Å². The van der Waals surface area contributed by atoms with Gasteiger partial charge in [-0.2, -0.15) is 0 Å². The monoisotopic (exact) mass is 414 g/mol. The Labute approximate surface area is 167 Å². The van der Waals surface area contributed by atoms with Gasteiger partial charge in [0.25, 0.3) is 0 Å². The Morgan fingerprint density at radius 3 is 2.52 bits per heavy atom. The number of esters is 1. The number of aliphatic hydroxyl groups is 4. The first-order chi connectivity index (χ1) is 13.7. The second-order valence-corrected chi connectivity index (χ2v) is 6.74. The van der Waals surface area contributed by atoms with Gasteiger partial charge < -0.3 is 44.8 Å². The van der Waals surface area contributed by atoms with Crippen molar-refractivity contribution in [2.45, 2.75) is 44.1 Å². The third-order valence-corrected chi connectivity index (χ3v) is 4.38. The first-order valence-corrected chi connectivity index (χ1v) is 8.97. The fraction of sp³-hybridized carbons (Fsp3) is 0.526. The quantitative estimate of drug-likeness (QED) is 0.175. The Balaban J connectivity index is 1.91. The van der Waals surface area contributed by atoms with E-state index in [4.69, 9.17) is 19.3 Å². The molecular formula is C19H26O10. The van der Waals surface area contributed by atoms with Crippen molar-refractivity contribution in [3.8, 4) is 11.5 Å². The predicted molar refractivity (Wildman–Crippen MR) is 97.9 cm³/mol. The molecular weight excluding hydrogens is 388 g/mol. The van der Waals surface area contributed by atoms with Crippen LogP contribution in [0.3, 0.4) is 0 Å². The molecule has 1 fully saturated rings. The Morgan fingerprint density at radius 1 is 1.14 bits per heavy atom. The van der Waals surface area contributed by atoms with E-state index < -0.39 is 43.3 Å². The van der Waals surface area contributed by atoms with Crippen LogP contribution in [0.1, 0.15) is 12.5 Å². The van der Waals surface area contributed by atoms with Crippen molar-refractivity contribution < 1.29 is 49.6 Å². The molecule has 0 aliphatic carbocycles. The van der Waals surface area contributed by atoms with E-state index in [0.29, 0.717) is 11.1 Å². The van der Waals surface area contributed by atoms with Gasteiger partial charge in [0.1, 0.15) is 31.0 Å². The highest BCUT2D eigenvalue weighted by atomic mass is 16.7. The lowest BCUT2D eigenvalue weighted by Gasteiger charge is -2.40. The molecule has 10 nitrogen and oxygen atoms in total. The van der Waals surface area contributed by atoms with Crippen molar-refractivity contribution in [2.75, 3.05) is 19.8 Å². The molecule has 6 N–H and O–H groups in total. The molecule has 0 bridgehead atoms. The summed E-state index contributed by atoms with van der Waals surface area (Å²) >= 11 is 0. The molecule has 5 unspecified atom stereocenters. The van der Waals surface area contributed by atoms with Crippen LogP contribution in [0.2, 0.25) is 0 Å². The van der Waals surface area contributed by atoms with Gasteiger partial charge >= 0.3 is 5.97 Å². The SMILES string of the molecule is CC(=CCO)COC1OC(COC(=O)Cc2ccc(O)c(O)c2)C(O)C(O)C1O. The van der Waals surface area contributed by atoms with E-state index in [2.05, 4.69) is 0 Å². The highest BCUT2D eigenvalue weighted by molar-refractivity contribution is 5.73.